The molecule has 0 radical (unpaired) electrons. The zero-order chi connectivity index (χ0) is 20.6. The van der Waals surface area contributed by atoms with E-state index in [4.69, 9.17) is 0 Å². The van der Waals surface area contributed by atoms with Gasteiger partial charge in [0.15, 0.2) is 0 Å². The second-order valence-corrected chi connectivity index (χ2v) is 7.48. The number of hydrogen-bond acceptors (Lipinski definition) is 3. The van der Waals surface area contributed by atoms with Crippen molar-refractivity contribution in [2.45, 2.75) is 26.2 Å². The van der Waals surface area contributed by atoms with Crippen LogP contribution in [-0.4, -0.2) is 54.3 Å². The van der Waals surface area contributed by atoms with E-state index in [0.717, 1.165) is 50.4 Å². The molecule has 154 valence electrons. The molecule has 2 aromatic rings. The number of amides is 2. The summed E-state index contributed by atoms with van der Waals surface area (Å²) >= 11 is 0. The highest BCUT2D eigenvalue weighted by atomic mass is 19.1. The van der Waals surface area contributed by atoms with Crippen LogP contribution in [0.25, 0.3) is 0 Å². The lowest BCUT2D eigenvalue weighted by Crippen LogP contribution is -2.49. The Bertz CT molecular complexity index is 830. The van der Waals surface area contributed by atoms with Gasteiger partial charge in [0, 0.05) is 51.8 Å². The molecule has 29 heavy (non-hydrogen) atoms. The standard InChI is InChI=1S/C23H28FN3O2/c1-18(28)25-22-8-5-19(6-9-22)11-12-26-13-15-27(16-14-26)23(29)10-7-20-3-2-4-21(24)17-20/h2-6,8-9,17H,7,10-16H2,1H3,(H,25,28). The second kappa shape index (κ2) is 10.2. The first-order valence-corrected chi connectivity index (χ1v) is 10.1. The fourth-order valence-electron chi connectivity index (χ4n) is 3.57. The number of hydrogen-bond donors (Lipinski definition) is 1. The van der Waals surface area contributed by atoms with E-state index < -0.39 is 0 Å². The summed E-state index contributed by atoms with van der Waals surface area (Å²) in [7, 11) is 0. The number of aryl methyl sites for hydroxylation is 1. The van der Waals surface area contributed by atoms with Crippen LogP contribution >= 0.6 is 0 Å². The molecule has 3 rings (SSSR count). The minimum absolute atomic E-state index is 0.0684. The van der Waals surface area contributed by atoms with Gasteiger partial charge in [-0.05, 0) is 48.2 Å². The summed E-state index contributed by atoms with van der Waals surface area (Å²) < 4.78 is 13.2. The van der Waals surface area contributed by atoms with Crippen LogP contribution in [0, 0.1) is 5.82 Å². The van der Waals surface area contributed by atoms with E-state index in [1.54, 1.807) is 6.07 Å². The normalized spacial score (nSPS) is 14.6. The van der Waals surface area contributed by atoms with Crippen LogP contribution in [0.4, 0.5) is 10.1 Å². The Morgan fingerprint density at radius 1 is 0.966 bits per heavy atom. The maximum Gasteiger partial charge on any atom is 0.222 e. The molecular weight excluding hydrogens is 369 g/mol. The average Bonchev–Trinajstić information content (AvgIpc) is 2.71. The molecule has 1 aliphatic rings. The second-order valence-electron chi connectivity index (χ2n) is 7.48. The first-order chi connectivity index (χ1) is 14.0. The maximum absolute atomic E-state index is 13.2. The molecule has 0 spiro atoms. The lowest BCUT2D eigenvalue weighted by molar-refractivity contribution is -0.132. The van der Waals surface area contributed by atoms with Crippen LogP contribution in [0.1, 0.15) is 24.5 Å². The molecule has 1 N–H and O–H groups in total. The summed E-state index contributed by atoms with van der Waals surface area (Å²) in [6, 6.07) is 14.4. The summed E-state index contributed by atoms with van der Waals surface area (Å²) in [5, 5.41) is 2.77. The van der Waals surface area contributed by atoms with Crippen LogP contribution in [-0.2, 0) is 22.4 Å². The predicted octanol–water partition coefficient (Wildman–Crippen LogP) is 3.10. The van der Waals surface area contributed by atoms with E-state index in [-0.39, 0.29) is 17.6 Å². The zero-order valence-electron chi connectivity index (χ0n) is 16.9. The van der Waals surface area contributed by atoms with Gasteiger partial charge in [-0.1, -0.05) is 24.3 Å². The Balaban J connectivity index is 1.37. The monoisotopic (exact) mass is 397 g/mol. The van der Waals surface area contributed by atoms with Gasteiger partial charge in [0.1, 0.15) is 5.82 Å². The fraction of sp³-hybridized carbons (Fsp3) is 0.391. The van der Waals surface area contributed by atoms with Crippen molar-refractivity contribution in [2.24, 2.45) is 0 Å². The largest absolute Gasteiger partial charge is 0.340 e. The van der Waals surface area contributed by atoms with Crippen LogP contribution in [0.5, 0.6) is 0 Å². The van der Waals surface area contributed by atoms with E-state index in [2.05, 4.69) is 10.2 Å². The Morgan fingerprint density at radius 3 is 2.34 bits per heavy atom. The number of rotatable bonds is 7. The van der Waals surface area contributed by atoms with Crippen molar-refractivity contribution in [3.8, 4) is 0 Å². The van der Waals surface area contributed by atoms with Crippen molar-refractivity contribution in [1.82, 2.24) is 9.80 Å². The van der Waals surface area contributed by atoms with E-state index >= 15 is 0 Å². The quantitative estimate of drug-likeness (QED) is 0.781. The highest BCUT2D eigenvalue weighted by Crippen LogP contribution is 2.12. The van der Waals surface area contributed by atoms with Crippen molar-refractivity contribution in [3.63, 3.8) is 0 Å². The minimum Gasteiger partial charge on any atom is -0.340 e. The van der Waals surface area contributed by atoms with Crippen molar-refractivity contribution >= 4 is 17.5 Å². The van der Waals surface area contributed by atoms with Gasteiger partial charge < -0.3 is 10.2 Å². The van der Waals surface area contributed by atoms with E-state index in [9.17, 15) is 14.0 Å². The van der Waals surface area contributed by atoms with Gasteiger partial charge in [0.25, 0.3) is 0 Å². The van der Waals surface area contributed by atoms with Crippen molar-refractivity contribution in [3.05, 3.63) is 65.5 Å². The maximum atomic E-state index is 13.2. The molecule has 0 unspecified atom stereocenters. The molecule has 0 bridgehead atoms. The number of halogens is 1. The fourth-order valence-corrected chi connectivity index (χ4v) is 3.57. The van der Waals surface area contributed by atoms with E-state index in [1.165, 1.54) is 24.6 Å². The molecule has 2 amide bonds. The first kappa shape index (κ1) is 21.0. The molecule has 2 aromatic carbocycles. The number of anilines is 1. The Morgan fingerprint density at radius 2 is 1.69 bits per heavy atom. The van der Waals surface area contributed by atoms with Gasteiger partial charge >= 0.3 is 0 Å². The molecule has 1 aliphatic heterocycles. The highest BCUT2D eigenvalue weighted by Gasteiger charge is 2.20. The molecule has 1 saturated heterocycles. The Kier molecular flexibility index (Phi) is 7.36. The number of nitrogens with one attached hydrogen (secondary N) is 1. The number of benzene rings is 2. The summed E-state index contributed by atoms with van der Waals surface area (Å²) in [5.74, 6) is -0.183. The van der Waals surface area contributed by atoms with Gasteiger partial charge in [-0.3, -0.25) is 14.5 Å². The van der Waals surface area contributed by atoms with Crippen LogP contribution in [0.15, 0.2) is 48.5 Å². The minimum atomic E-state index is -0.256. The van der Waals surface area contributed by atoms with Gasteiger partial charge in [-0.2, -0.15) is 0 Å². The molecular formula is C23H28FN3O2. The lowest BCUT2D eigenvalue weighted by Gasteiger charge is -2.34. The Hall–Kier alpha value is -2.73. The van der Waals surface area contributed by atoms with E-state index in [1.807, 2.05) is 35.2 Å². The molecule has 0 aliphatic carbocycles. The van der Waals surface area contributed by atoms with Gasteiger partial charge in [-0.15, -0.1) is 0 Å². The number of carbonyl (C=O) groups excluding carboxylic acids is 2. The van der Waals surface area contributed by atoms with Crippen LogP contribution in [0.2, 0.25) is 0 Å². The third-order valence-electron chi connectivity index (χ3n) is 5.23. The van der Waals surface area contributed by atoms with Gasteiger partial charge in [0.05, 0.1) is 0 Å². The molecule has 6 heteroatoms. The van der Waals surface area contributed by atoms with Crippen LogP contribution in [0.3, 0.4) is 0 Å². The number of carbonyl (C=O) groups is 2. The van der Waals surface area contributed by atoms with Crippen molar-refractivity contribution < 1.29 is 14.0 Å². The number of piperazine rings is 1. The van der Waals surface area contributed by atoms with Crippen molar-refractivity contribution in [1.29, 1.82) is 0 Å². The molecule has 1 fully saturated rings. The van der Waals surface area contributed by atoms with Crippen LogP contribution < -0.4 is 5.32 Å². The topological polar surface area (TPSA) is 52.7 Å². The van der Waals surface area contributed by atoms with E-state index in [0.29, 0.717) is 12.8 Å². The summed E-state index contributed by atoms with van der Waals surface area (Å²) in [5.41, 5.74) is 2.90. The predicted molar refractivity (Wildman–Crippen MR) is 112 cm³/mol. The average molecular weight is 397 g/mol. The van der Waals surface area contributed by atoms with Crippen molar-refractivity contribution in [2.75, 3.05) is 38.0 Å². The summed E-state index contributed by atoms with van der Waals surface area (Å²) in [6.07, 6.45) is 1.93. The smallest absolute Gasteiger partial charge is 0.222 e. The molecule has 5 nitrogen and oxygen atoms in total. The molecule has 1 heterocycles. The highest BCUT2D eigenvalue weighted by molar-refractivity contribution is 5.88. The first-order valence-electron chi connectivity index (χ1n) is 10.1. The Labute approximate surface area is 171 Å². The summed E-state index contributed by atoms with van der Waals surface area (Å²) in [4.78, 5) is 27.8. The third-order valence-corrected chi connectivity index (χ3v) is 5.23. The molecule has 0 atom stereocenters. The van der Waals surface area contributed by atoms with Gasteiger partial charge in [-0.25, -0.2) is 4.39 Å². The van der Waals surface area contributed by atoms with Gasteiger partial charge in [0.2, 0.25) is 11.8 Å². The molecule has 0 aromatic heterocycles. The number of nitrogens with zero attached hydrogens (tertiary/aromatic N) is 2. The SMILES string of the molecule is CC(=O)Nc1ccc(CCN2CCN(C(=O)CCc3cccc(F)c3)CC2)cc1. The lowest BCUT2D eigenvalue weighted by atomic mass is 10.1. The summed E-state index contributed by atoms with van der Waals surface area (Å²) in [6.45, 7) is 5.67. The zero-order valence-corrected chi connectivity index (χ0v) is 16.9. The third kappa shape index (κ3) is 6.68. The molecule has 0 saturated carbocycles.